The first-order valence-corrected chi connectivity index (χ1v) is 11.8. The highest BCUT2D eigenvalue weighted by Gasteiger charge is 2.15. The summed E-state index contributed by atoms with van der Waals surface area (Å²) in [4.78, 5) is 11.4. The highest BCUT2D eigenvalue weighted by Crippen LogP contribution is 2.31. The van der Waals surface area contributed by atoms with E-state index in [0.717, 1.165) is 52.6 Å². The number of nitrogens with one attached hydrogen (secondary N) is 1. The summed E-state index contributed by atoms with van der Waals surface area (Å²) in [7, 11) is 0. The van der Waals surface area contributed by atoms with Crippen molar-refractivity contribution in [2.45, 2.75) is 26.7 Å². The number of aromatic nitrogens is 2. The van der Waals surface area contributed by atoms with Crippen LogP contribution in [0.25, 0.3) is 11.3 Å². The van der Waals surface area contributed by atoms with E-state index in [1.54, 1.807) is 23.7 Å². The number of nitrogens with zero attached hydrogens (tertiary/aromatic N) is 3. The number of ether oxygens (including phenoxy) is 2. The molecule has 0 spiro atoms. The number of anilines is 2. The van der Waals surface area contributed by atoms with Gasteiger partial charge in [-0.15, -0.1) is 11.3 Å². The fourth-order valence-electron chi connectivity index (χ4n) is 3.64. The van der Waals surface area contributed by atoms with Gasteiger partial charge in [-0.2, -0.15) is 0 Å². The van der Waals surface area contributed by atoms with E-state index < -0.39 is 0 Å². The van der Waals surface area contributed by atoms with Crippen LogP contribution >= 0.6 is 11.3 Å². The van der Waals surface area contributed by atoms with Crippen molar-refractivity contribution >= 4 is 22.2 Å². The molecule has 0 amide bonds. The van der Waals surface area contributed by atoms with Crippen LogP contribution in [0.5, 0.6) is 11.5 Å². The van der Waals surface area contributed by atoms with Gasteiger partial charge in [0, 0.05) is 29.8 Å². The summed E-state index contributed by atoms with van der Waals surface area (Å²) >= 11 is 1.56. The van der Waals surface area contributed by atoms with Crippen LogP contribution in [0, 0.1) is 5.92 Å². The Labute approximate surface area is 188 Å². The first kappa shape index (κ1) is 21.6. The van der Waals surface area contributed by atoms with Gasteiger partial charge < -0.3 is 14.8 Å². The number of pyridine rings is 1. The zero-order valence-corrected chi connectivity index (χ0v) is 19.0. The first-order valence-electron chi connectivity index (χ1n) is 11.0. The summed E-state index contributed by atoms with van der Waals surface area (Å²) < 4.78 is 11.6. The van der Waals surface area contributed by atoms with Crippen LogP contribution in [0.2, 0.25) is 0 Å². The molecular formula is C24H30N4O2S. The fourth-order valence-corrected chi connectivity index (χ4v) is 4.37. The van der Waals surface area contributed by atoms with Gasteiger partial charge in [-0.3, -0.25) is 9.88 Å². The van der Waals surface area contributed by atoms with Crippen LogP contribution < -0.4 is 14.8 Å². The monoisotopic (exact) mass is 438 g/mol. The molecule has 0 saturated carbocycles. The predicted octanol–water partition coefficient (Wildman–Crippen LogP) is 5.46. The molecule has 7 heteroatoms. The van der Waals surface area contributed by atoms with E-state index in [2.05, 4.69) is 34.3 Å². The highest BCUT2D eigenvalue weighted by molar-refractivity contribution is 7.14. The molecule has 0 unspecified atom stereocenters. The number of hydrogen-bond donors (Lipinski definition) is 1. The van der Waals surface area contributed by atoms with Gasteiger partial charge in [-0.05, 0) is 63.0 Å². The smallest absolute Gasteiger partial charge is 0.187 e. The summed E-state index contributed by atoms with van der Waals surface area (Å²) in [6.45, 7) is 9.01. The van der Waals surface area contributed by atoms with Gasteiger partial charge >= 0.3 is 0 Å². The molecule has 0 radical (unpaired) electrons. The molecule has 1 saturated heterocycles. The van der Waals surface area contributed by atoms with Crippen LogP contribution in [-0.2, 0) is 0 Å². The van der Waals surface area contributed by atoms with Crippen molar-refractivity contribution in [2.24, 2.45) is 5.92 Å². The Morgan fingerprint density at radius 1 is 1.13 bits per heavy atom. The molecule has 1 aromatic carbocycles. The van der Waals surface area contributed by atoms with Crippen LogP contribution in [0.3, 0.4) is 0 Å². The minimum Gasteiger partial charge on any atom is -0.492 e. The average Bonchev–Trinajstić information content (AvgIpc) is 3.26. The van der Waals surface area contributed by atoms with Gasteiger partial charge in [0.05, 0.1) is 18.5 Å². The Morgan fingerprint density at radius 2 is 1.94 bits per heavy atom. The summed E-state index contributed by atoms with van der Waals surface area (Å²) in [6.07, 6.45) is 6.07. The van der Waals surface area contributed by atoms with E-state index in [9.17, 15) is 0 Å². The predicted molar refractivity (Wildman–Crippen MR) is 127 cm³/mol. The maximum Gasteiger partial charge on any atom is 0.187 e. The van der Waals surface area contributed by atoms with Crippen LogP contribution in [0.15, 0.2) is 48.1 Å². The number of benzene rings is 1. The second kappa shape index (κ2) is 10.6. The number of rotatable bonds is 9. The molecule has 0 bridgehead atoms. The minimum atomic E-state index is 0.605. The second-order valence-corrected chi connectivity index (χ2v) is 8.72. The Kier molecular flexibility index (Phi) is 7.38. The molecule has 1 fully saturated rings. The highest BCUT2D eigenvalue weighted by atomic mass is 32.1. The van der Waals surface area contributed by atoms with Crippen molar-refractivity contribution in [3.63, 3.8) is 0 Å². The molecule has 4 rings (SSSR count). The standard InChI is InChI=1S/C24H30N4O2S/c1-3-29-23-8-11-25-16-21(23)26-24-27-22(17-31-24)19-4-6-20(7-5-19)30-15-14-28-12-9-18(2)10-13-28/h4-8,11,16-18H,3,9-10,12-15H2,1-2H3,(H,26,27). The molecule has 0 aliphatic carbocycles. The summed E-state index contributed by atoms with van der Waals surface area (Å²) in [5.74, 6) is 2.54. The molecule has 3 heterocycles. The van der Waals surface area contributed by atoms with E-state index in [-0.39, 0.29) is 0 Å². The third-order valence-corrected chi connectivity index (χ3v) is 6.29. The third-order valence-electron chi connectivity index (χ3n) is 5.53. The van der Waals surface area contributed by atoms with Gasteiger partial charge in [-0.25, -0.2) is 4.98 Å². The molecular weight excluding hydrogens is 408 g/mol. The molecule has 31 heavy (non-hydrogen) atoms. The summed E-state index contributed by atoms with van der Waals surface area (Å²) in [6, 6.07) is 10.0. The average molecular weight is 439 g/mol. The molecule has 164 valence electrons. The largest absolute Gasteiger partial charge is 0.492 e. The zero-order chi connectivity index (χ0) is 21.5. The number of thiazole rings is 1. The Balaban J connectivity index is 1.31. The normalized spacial score (nSPS) is 15.0. The summed E-state index contributed by atoms with van der Waals surface area (Å²) in [5.41, 5.74) is 2.82. The SMILES string of the molecule is CCOc1ccncc1Nc1nc(-c2ccc(OCCN3CCC(C)CC3)cc2)cs1. The first-order chi connectivity index (χ1) is 15.2. The maximum absolute atomic E-state index is 5.95. The summed E-state index contributed by atoms with van der Waals surface area (Å²) in [5, 5.41) is 6.16. The van der Waals surface area contributed by atoms with Crippen molar-refractivity contribution in [1.82, 2.24) is 14.9 Å². The molecule has 2 aromatic heterocycles. The quantitative estimate of drug-likeness (QED) is 0.479. The Bertz CT molecular complexity index is 952. The van der Waals surface area contributed by atoms with Crippen molar-refractivity contribution in [3.8, 4) is 22.8 Å². The van der Waals surface area contributed by atoms with Crippen molar-refractivity contribution in [3.05, 3.63) is 48.1 Å². The third kappa shape index (κ3) is 5.95. The minimum absolute atomic E-state index is 0.605. The van der Waals surface area contributed by atoms with Crippen LogP contribution in [-0.4, -0.2) is 47.7 Å². The van der Waals surface area contributed by atoms with Crippen molar-refractivity contribution < 1.29 is 9.47 Å². The molecule has 1 aliphatic rings. The lowest BCUT2D eigenvalue weighted by molar-refractivity contribution is 0.160. The van der Waals surface area contributed by atoms with E-state index in [1.807, 2.05) is 30.5 Å². The molecule has 1 N–H and O–H groups in total. The van der Waals surface area contributed by atoms with E-state index in [4.69, 9.17) is 14.5 Å². The van der Waals surface area contributed by atoms with Crippen molar-refractivity contribution in [2.75, 3.05) is 38.2 Å². The maximum atomic E-state index is 5.95. The molecule has 3 aromatic rings. The zero-order valence-electron chi connectivity index (χ0n) is 18.2. The van der Waals surface area contributed by atoms with Gasteiger partial charge in [0.2, 0.25) is 0 Å². The van der Waals surface area contributed by atoms with Gasteiger partial charge in [0.25, 0.3) is 0 Å². The van der Waals surface area contributed by atoms with E-state index >= 15 is 0 Å². The van der Waals surface area contributed by atoms with E-state index in [1.165, 1.54) is 25.9 Å². The Morgan fingerprint density at radius 3 is 2.71 bits per heavy atom. The lowest BCUT2D eigenvalue weighted by atomic mass is 9.99. The molecule has 6 nitrogen and oxygen atoms in total. The molecule has 1 aliphatic heterocycles. The number of hydrogen-bond acceptors (Lipinski definition) is 7. The fraction of sp³-hybridized carbons (Fsp3) is 0.417. The molecule has 0 atom stereocenters. The lowest BCUT2D eigenvalue weighted by Gasteiger charge is -2.29. The van der Waals surface area contributed by atoms with Gasteiger partial charge in [0.15, 0.2) is 5.13 Å². The van der Waals surface area contributed by atoms with Crippen LogP contribution in [0.4, 0.5) is 10.8 Å². The lowest BCUT2D eigenvalue weighted by Crippen LogP contribution is -2.35. The topological polar surface area (TPSA) is 59.5 Å². The second-order valence-electron chi connectivity index (χ2n) is 7.86. The van der Waals surface area contributed by atoms with Gasteiger partial charge in [-0.1, -0.05) is 6.92 Å². The van der Waals surface area contributed by atoms with Crippen molar-refractivity contribution in [1.29, 1.82) is 0 Å². The number of likely N-dealkylation sites (tertiary alicyclic amines) is 1. The van der Waals surface area contributed by atoms with Gasteiger partial charge in [0.1, 0.15) is 23.8 Å². The van der Waals surface area contributed by atoms with E-state index in [0.29, 0.717) is 6.61 Å². The number of piperidine rings is 1. The van der Waals surface area contributed by atoms with Crippen LogP contribution in [0.1, 0.15) is 26.7 Å². The Hall–Kier alpha value is -2.64.